The maximum Gasteiger partial charge on any atom is 0.275 e. The van der Waals surface area contributed by atoms with Gasteiger partial charge in [0.1, 0.15) is 5.75 Å². The molecule has 160 valence electrons. The summed E-state index contributed by atoms with van der Waals surface area (Å²) in [5.74, 6) is -0.214. The third-order valence-corrected chi connectivity index (χ3v) is 7.00. The Labute approximate surface area is 191 Å². The first kappa shape index (κ1) is 21.4. The summed E-state index contributed by atoms with van der Waals surface area (Å²) in [7, 11) is -2.55. The van der Waals surface area contributed by atoms with Gasteiger partial charge in [-0.2, -0.15) is 0 Å². The van der Waals surface area contributed by atoms with Gasteiger partial charge < -0.3 is 10.1 Å². The van der Waals surface area contributed by atoms with Gasteiger partial charge in [0.05, 0.1) is 28.4 Å². The van der Waals surface area contributed by atoms with Crippen LogP contribution in [0.3, 0.4) is 0 Å². The number of imidazole rings is 1. The van der Waals surface area contributed by atoms with Crippen LogP contribution in [0.15, 0.2) is 58.9 Å². The molecule has 4 rings (SSSR count). The van der Waals surface area contributed by atoms with Gasteiger partial charge in [0.25, 0.3) is 15.9 Å². The standard InChI is InChI=1S/C19H14Cl2N4O4S2/c1-29-15-5-3-2-4-13(15)24-31(27,28)11-6-7-12(20)14(10-11)22-18(26)16-17(21)23-19-25(16)8-9-30-19/h2-10,24H,1H3,(H,22,26). The molecule has 2 aromatic heterocycles. The summed E-state index contributed by atoms with van der Waals surface area (Å²) < 4.78 is 35.0. The summed E-state index contributed by atoms with van der Waals surface area (Å²) in [6, 6.07) is 10.6. The number of methoxy groups -OCH3 is 1. The SMILES string of the molecule is COc1ccccc1NS(=O)(=O)c1ccc(Cl)c(NC(=O)c2c(Cl)nc3sccn23)c1. The summed E-state index contributed by atoms with van der Waals surface area (Å²) in [6.07, 6.45) is 1.66. The van der Waals surface area contributed by atoms with E-state index < -0.39 is 15.9 Å². The molecule has 1 amide bonds. The van der Waals surface area contributed by atoms with E-state index in [1.165, 1.54) is 36.6 Å². The number of nitrogens with one attached hydrogen (secondary N) is 2. The fourth-order valence-electron chi connectivity index (χ4n) is 2.84. The molecule has 0 spiro atoms. The first-order chi connectivity index (χ1) is 14.8. The van der Waals surface area contributed by atoms with Crippen molar-refractivity contribution in [1.82, 2.24) is 9.38 Å². The molecule has 2 aromatic carbocycles. The number of thiazole rings is 1. The lowest BCUT2D eigenvalue weighted by molar-refractivity contribution is 0.102. The van der Waals surface area contributed by atoms with E-state index in [1.807, 2.05) is 0 Å². The number of rotatable bonds is 6. The summed E-state index contributed by atoms with van der Waals surface area (Å²) >= 11 is 13.6. The molecule has 0 bridgehead atoms. The summed E-state index contributed by atoms with van der Waals surface area (Å²) in [5, 5.41) is 4.56. The van der Waals surface area contributed by atoms with Gasteiger partial charge in [-0.25, -0.2) is 13.4 Å². The molecule has 8 nitrogen and oxygen atoms in total. The third-order valence-electron chi connectivity index (χ3n) is 4.28. The summed E-state index contributed by atoms with van der Waals surface area (Å²) in [5.41, 5.74) is 0.502. The van der Waals surface area contributed by atoms with E-state index in [9.17, 15) is 13.2 Å². The Hall–Kier alpha value is -2.79. The number of hydrogen-bond acceptors (Lipinski definition) is 6. The van der Waals surface area contributed by atoms with Gasteiger partial charge in [-0.05, 0) is 30.3 Å². The highest BCUT2D eigenvalue weighted by Crippen LogP contribution is 2.30. The quantitative estimate of drug-likeness (QED) is 0.400. The molecule has 0 aliphatic carbocycles. The Morgan fingerprint density at radius 2 is 1.94 bits per heavy atom. The van der Waals surface area contributed by atoms with Gasteiger partial charge in [-0.3, -0.25) is 13.9 Å². The highest BCUT2D eigenvalue weighted by molar-refractivity contribution is 7.92. The predicted octanol–water partition coefficient (Wildman–Crippen LogP) is 4.76. The first-order valence-corrected chi connectivity index (χ1v) is 11.8. The van der Waals surface area contributed by atoms with Crippen LogP contribution in [0.1, 0.15) is 10.5 Å². The van der Waals surface area contributed by atoms with Crippen molar-refractivity contribution in [3.05, 3.63) is 69.9 Å². The van der Waals surface area contributed by atoms with Crippen LogP contribution in [-0.4, -0.2) is 30.8 Å². The molecule has 4 aromatic rings. The molecular formula is C19H14Cl2N4O4S2. The number of ether oxygens (including phenoxy) is 1. The van der Waals surface area contributed by atoms with Gasteiger partial charge in [0, 0.05) is 11.6 Å². The van der Waals surface area contributed by atoms with Crippen molar-refractivity contribution in [3.63, 3.8) is 0 Å². The Bertz CT molecular complexity index is 1400. The van der Waals surface area contributed by atoms with Crippen molar-refractivity contribution in [2.45, 2.75) is 4.90 Å². The Morgan fingerprint density at radius 3 is 2.71 bits per heavy atom. The van der Waals surface area contributed by atoms with Crippen LogP contribution < -0.4 is 14.8 Å². The second kappa shape index (κ2) is 8.39. The molecule has 2 heterocycles. The zero-order valence-electron chi connectivity index (χ0n) is 15.8. The molecule has 0 radical (unpaired) electrons. The lowest BCUT2D eigenvalue weighted by atomic mass is 10.3. The average molecular weight is 497 g/mol. The zero-order valence-corrected chi connectivity index (χ0v) is 18.9. The van der Waals surface area contributed by atoms with Crippen LogP contribution in [-0.2, 0) is 10.0 Å². The number of aromatic nitrogens is 2. The van der Waals surface area contributed by atoms with Crippen LogP contribution in [0, 0.1) is 0 Å². The minimum Gasteiger partial charge on any atom is -0.495 e. The number of hydrogen-bond donors (Lipinski definition) is 2. The topological polar surface area (TPSA) is 102 Å². The van der Waals surface area contributed by atoms with Crippen LogP contribution >= 0.6 is 34.5 Å². The van der Waals surface area contributed by atoms with Crippen LogP contribution in [0.5, 0.6) is 5.75 Å². The monoisotopic (exact) mass is 496 g/mol. The molecule has 0 atom stereocenters. The Kier molecular flexibility index (Phi) is 5.80. The summed E-state index contributed by atoms with van der Waals surface area (Å²) in [6.45, 7) is 0. The van der Waals surface area contributed by atoms with Crippen LogP contribution in [0.25, 0.3) is 4.96 Å². The molecule has 0 aliphatic heterocycles. The largest absolute Gasteiger partial charge is 0.495 e. The van der Waals surface area contributed by atoms with E-state index in [0.717, 1.165) is 0 Å². The molecule has 12 heteroatoms. The van der Waals surface area contributed by atoms with Gasteiger partial charge in [0.15, 0.2) is 15.8 Å². The van der Waals surface area contributed by atoms with Gasteiger partial charge in [-0.15, -0.1) is 11.3 Å². The molecule has 0 fully saturated rings. The van der Waals surface area contributed by atoms with E-state index in [0.29, 0.717) is 10.7 Å². The number of para-hydroxylation sites is 2. The smallest absolute Gasteiger partial charge is 0.275 e. The minimum absolute atomic E-state index is 0.0297. The fourth-order valence-corrected chi connectivity index (χ4v) is 5.13. The van der Waals surface area contributed by atoms with Gasteiger partial charge >= 0.3 is 0 Å². The Balaban J connectivity index is 1.64. The normalized spacial score (nSPS) is 11.5. The lowest BCUT2D eigenvalue weighted by Gasteiger charge is -2.13. The second-order valence-electron chi connectivity index (χ2n) is 6.21. The molecule has 2 N–H and O–H groups in total. The zero-order chi connectivity index (χ0) is 22.2. The molecule has 0 saturated heterocycles. The highest BCUT2D eigenvalue weighted by atomic mass is 35.5. The van der Waals surface area contributed by atoms with E-state index in [1.54, 1.807) is 40.2 Å². The van der Waals surface area contributed by atoms with Gasteiger partial charge in [-0.1, -0.05) is 35.3 Å². The Morgan fingerprint density at radius 1 is 1.16 bits per heavy atom. The molecule has 0 aliphatic rings. The fraction of sp³-hybridized carbons (Fsp3) is 0.0526. The maximum absolute atomic E-state index is 12.9. The number of carbonyl (C=O) groups is 1. The van der Waals surface area contributed by atoms with E-state index >= 15 is 0 Å². The number of sulfonamides is 1. The molecule has 0 unspecified atom stereocenters. The first-order valence-electron chi connectivity index (χ1n) is 8.68. The van der Waals surface area contributed by atoms with Crippen molar-refractivity contribution >= 4 is 66.8 Å². The van der Waals surface area contributed by atoms with Gasteiger partial charge in [0.2, 0.25) is 0 Å². The number of amides is 1. The van der Waals surface area contributed by atoms with E-state index in [4.69, 9.17) is 27.9 Å². The minimum atomic E-state index is -3.99. The van der Waals surface area contributed by atoms with Crippen LogP contribution in [0.2, 0.25) is 10.2 Å². The highest BCUT2D eigenvalue weighted by Gasteiger charge is 2.22. The molecule has 0 saturated carbocycles. The van der Waals surface area contributed by atoms with Crippen molar-refractivity contribution in [3.8, 4) is 5.75 Å². The van der Waals surface area contributed by atoms with E-state index in [-0.39, 0.29) is 32.1 Å². The number of anilines is 2. The van der Waals surface area contributed by atoms with Crippen molar-refractivity contribution in [2.24, 2.45) is 0 Å². The number of carbonyl (C=O) groups excluding carboxylic acids is 1. The number of halogens is 2. The second-order valence-corrected chi connectivity index (χ2v) is 9.53. The van der Waals surface area contributed by atoms with Crippen LogP contribution in [0.4, 0.5) is 11.4 Å². The average Bonchev–Trinajstić information content (AvgIpc) is 3.29. The van der Waals surface area contributed by atoms with E-state index in [2.05, 4.69) is 15.0 Å². The summed E-state index contributed by atoms with van der Waals surface area (Å²) in [4.78, 5) is 17.4. The lowest BCUT2D eigenvalue weighted by Crippen LogP contribution is -2.17. The number of benzene rings is 2. The van der Waals surface area contributed by atoms with Crippen molar-refractivity contribution in [2.75, 3.05) is 17.1 Å². The number of nitrogens with zero attached hydrogens (tertiary/aromatic N) is 2. The number of fused-ring (bicyclic) bond motifs is 1. The predicted molar refractivity (Wildman–Crippen MR) is 121 cm³/mol. The maximum atomic E-state index is 12.9. The third kappa shape index (κ3) is 4.19. The molecular weight excluding hydrogens is 483 g/mol. The van der Waals surface area contributed by atoms with Crippen molar-refractivity contribution in [1.29, 1.82) is 0 Å². The van der Waals surface area contributed by atoms with Crippen molar-refractivity contribution < 1.29 is 17.9 Å². The molecule has 31 heavy (non-hydrogen) atoms.